The van der Waals surface area contributed by atoms with Crippen LogP contribution in [0.4, 0.5) is 4.39 Å². The van der Waals surface area contributed by atoms with E-state index in [4.69, 9.17) is 0 Å². The van der Waals surface area contributed by atoms with Crippen molar-refractivity contribution in [3.8, 4) is 0 Å². The molecule has 0 saturated carbocycles. The van der Waals surface area contributed by atoms with Crippen LogP contribution in [0.5, 0.6) is 0 Å². The first-order valence-electron chi connectivity index (χ1n) is 6.65. The number of nitrogens with one attached hydrogen (secondary N) is 2. The normalized spacial score (nSPS) is 18.8. The first kappa shape index (κ1) is 13.5. The number of hydrogen-bond acceptors (Lipinski definition) is 3. The van der Waals surface area contributed by atoms with E-state index in [1.807, 2.05) is 12.1 Å². The predicted octanol–water partition coefficient (Wildman–Crippen LogP) is 1.21. The molecule has 1 atom stereocenters. The Balaban J connectivity index is 1.69. The number of rotatable bonds is 5. The van der Waals surface area contributed by atoms with Crippen molar-refractivity contribution in [2.45, 2.75) is 19.5 Å². The Kier molecular flexibility index (Phi) is 5.11. The average molecular weight is 251 g/mol. The molecule has 4 heteroatoms. The molecule has 1 aromatic rings. The largest absolute Gasteiger partial charge is 0.314 e. The molecule has 2 rings (SSSR count). The maximum absolute atomic E-state index is 12.7. The van der Waals surface area contributed by atoms with Gasteiger partial charge in [0.15, 0.2) is 0 Å². The number of piperazine rings is 1. The van der Waals surface area contributed by atoms with Gasteiger partial charge in [-0.25, -0.2) is 4.39 Å². The van der Waals surface area contributed by atoms with Crippen molar-refractivity contribution >= 4 is 0 Å². The fourth-order valence-electron chi connectivity index (χ4n) is 2.28. The second-order valence-corrected chi connectivity index (χ2v) is 4.89. The summed E-state index contributed by atoms with van der Waals surface area (Å²) >= 11 is 0. The summed E-state index contributed by atoms with van der Waals surface area (Å²) in [4.78, 5) is 2.49. The van der Waals surface area contributed by atoms with Crippen LogP contribution in [0.25, 0.3) is 0 Å². The standard InChI is InChI=1S/C14H22FN3/c1-12(18-8-6-16-7-9-18)10-17-11-13-2-4-14(15)5-3-13/h2-5,12,16-17H,6-11H2,1H3. The van der Waals surface area contributed by atoms with Crippen LogP contribution in [0.2, 0.25) is 0 Å². The van der Waals surface area contributed by atoms with Gasteiger partial charge in [-0.2, -0.15) is 0 Å². The summed E-state index contributed by atoms with van der Waals surface area (Å²) < 4.78 is 12.7. The predicted molar refractivity (Wildman–Crippen MR) is 72.0 cm³/mol. The molecule has 1 aromatic carbocycles. The molecule has 0 aromatic heterocycles. The van der Waals surface area contributed by atoms with E-state index in [0.29, 0.717) is 6.04 Å². The molecule has 1 aliphatic rings. The quantitative estimate of drug-likeness (QED) is 0.823. The highest BCUT2D eigenvalue weighted by Crippen LogP contribution is 2.03. The van der Waals surface area contributed by atoms with Crippen LogP contribution in [-0.4, -0.2) is 43.7 Å². The summed E-state index contributed by atoms with van der Waals surface area (Å²) in [5.74, 6) is -0.173. The van der Waals surface area contributed by atoms with Crippen molar-refractivity contribution in [3.05, 3.63) is 35.6 Å². The highest BCUT2D eigenvalue weighted by molar-refractivity contribution is 5.15. The van der Waals surface area contributed by atoms with E-state index in [1.165, 1.54) is 12.1 Å². The highest BCUT2D eigenvalue weighted by Gasteiger charge is 2.15. The molecule has 0 bridgehead atoms. The van der Waals surface area contributed by atoms with Crippen LogP contribution in [0.15, 0.2) is 24.3 Å². The van der Waals surface area contributed by atoms with Crippen LogP contribution >= 0.6 is 0 Å². The fraction of sp³-hybridized carbons (Fsp3) is 0.571. The van der Waals surface area contributed by atoms with Gasteiger partial charge in [0.25, 0.3) is 0 Å². The zero-order valence-corrected chi connectivity index (χ0v) is 11.0. The summed E-state index contributed by atoms with van der Waals surface area (Å²) in [5.41, 5.74) is 1.13. The third-order valence-corrected chi connectivity index (χ3v) is 3.46. The molecule has 2 N–H and O–H groups in total. The summed E-state index contributed by atoms with van der Waals surface area (Å²) in [6.07, 6.45) is 0. The lowest BCUT2D eigenvalue weighted by atomic mass is 10.2. The van der Waals surface area contributed by atoms with E-state index in [9.17, 15) is 4.39 Å². The third kappa shape index (κ3) is 4.05. The number of halogens is 1. The van der Waals surface area contributed by atoms with Crippen molar-refractivity contribution in [3.63, 3.8) is 0 Å². The Bertz CT molecular complexity index is 347. The van der Waals surface area contributed by atoms with Crippen molar-refractivity contribution in [1.82, 2.24) is 15.5 Å². The summed E-state index contributed by atoms with van der Waals surface area (Å²) in [5, 5.41) is 6.79. The monoisotopic (exact) mass is 251 g/mol. The molecule has 1 heterocycles. The average Bonchev–Trinajstić information content (AvgIpc) is 2.42. The SMILES string of the molecule is CC(CNCc1ccc(F)cc1)N1CCNCC1. The summed E-state index contributed by atoms with van der Waals surface area (Å²) in [7, 11) is 0. The van der Waals surface area contributed by atoms with E-state index < -0.39 is 0 Å². The van der Waals surface area contributed by atoms with E-state index in [1.54, 1.807) is 0 Å². The highest BCUT2D eigenvalue weighted by atomic mass is 19.1. The molecule has 1 aliphatic heterocycles. The molecule has 100 valence electrons. The van der Waals surface area contributed by atoms with Crippen LogP contribution in [0, 0.1) is 5.82 Å². The molecule has 1 unspecified atom stereocenters. The van der Waals surface area contributed by atoms with Crippen molar-refractivity contribution in [2.24, 2.45) is 0 Å². The number of nitrogens with zero attached hydrogens (tertiary/aromatic N) is 1. The van der Waals surface area contributed by atoms with Gasteiger partial charge in [-0.15, -0.1) is 0 Å². The van der Waals surface area contributed by atoms with Gasteiger partial charge in [-0.3, -0.25) is 4.90 Å². The van der Waals surface area contributed by atoms with Crippen LogP contribution in [0.1, 0.15) is 12.5 Å². The lowest BCUT2D eigenvalue weighted by molar-refractivity contribution is 0.181. The summed E-state index contributed by atoms with van der Waals surface area (Å²) in [6.45, 7) is 8.44. The van der Waals surface area contributed by atoms with Gasteiger partial charge < -0.3 is 10.6 Å². The minimum absolute atomic E-state index is 0.173. The van der Waals surface area contributed by atoms with Crippen molar-refractivity contribution in [1.29, 1.82) is 0 Å². The lowest BCUT2D eigenvalue weighted by Gasteiger charge is -2.32. The van der Waals surface area contributed by atoms with Gasteiger partial charge in [-0.1, -0.05) is 12.1 Å². The van der Waals surface area contributed by atoms with Gasteiger partial charge in [0.2, 0.25) is 0 Å². The van der Waals surface area contributed by atoms with Gasteiger partial charge in [0.05, 0.1) is 0 Å². The second-order valence-electron chi connectivity index (χ2n) is 4.89. The number of hydrogen-bond donors (Lipinski definition) is 2. The van der Waals surface area contributed by atoms with E-state index in [-0.39, 0.29) is 5.82 Å². The first-order valence-corrected chi connectivity index (χ1v) is 6.65. The Morgan fingerprint density at radius 1 is 1.28 bits per heavy atom. The molecule has 18 heavy (non-hydrogen) atoms. The fourth-order valence-corrected chi connectivity index (χ4v) is 2.28. The number of benzene rings is 1. The minimum atomic E-state index is -0.173. The molecule has 3 nitrogen and oxygen atoms in total. The topological polar surface area (TPSA) is 27.3 Å². The van der Waals surface area contributed by atoms with Gasteiger partial charge >= 0.3 is 0 Å². The molecule has 0 radical (unpaired) electrons. The smallest absolute Gasteiger partial charge is 0.123 e. The second kappa shape index (κ2) is 6.83. The molecular weight excluding hydrogens is 229 g/mol. The van der Waals surface area contributed by atoms with E-state index in [2.05, 4.69) is 22.5 Å². The maximum Gasteiger partial charge on any atom is 0.123 e. The Morgan fingerprint density at radius 2 is 1.94 bits per heavy atom. The Hall–Kier alpha value is -0.970. The molecule has 0 amide bonds. The zero-order chi connectivity index (χ0) is 12.8. The first-order chi connectivity index (χ1) is 8.75. The molecule has 0 spiro atoms. The van der Waals surface area contributed by atoms with Gasteiger partial charge in [-0.05, 0) is 24.6 Å². The van der Waals surface area contributed by atoms with Crippen LogP contribution < -0.4 is 10.6 Å². The third-order valence-electron chi connectivity index (χ3n) is 3.46. The van der Waals surface area contributed by atoms with Crippen LogP contribution in [-0.2, 0) is 6.54 Å². The zero-order valence-electron chi connectivity index (χ0n) is 11.0. The molecule has 1 fully saturated rings. The minimum Gasteiger partial charge on any atom is -0.314 e. The van der Waals surface area contributed by atoms with Crippen LogP contribution in [0.3, 0.4) is 0 Å². The Morgan fingerprint density at radius 3 is 2.61 bits per heavy atom. The lowest BCUT2D eigenvalue weighted by Crippen LogP contribution is -2.50. The van der Waals surface area contributed by atoms with Gasteiger partial charge in [0.1, 0.15) is 5.82 Å². The summed E-state index contributed by atoms with van der Waals surface area (Å²) in [6, 6.07) is 7.23. The van der Waals surface area contributed by atoms with Gasteiger partial charge in [0, 0.05) is 45.3 Å². The molecular formula is C14H22FN3. The van der Waals surface area contributed by atoms with E-state index in [0.717, 1.165) is 44.8 Å². The van der Waals surface area contributed by atoms with Crippen molar-refractivity contribution in [2.75, 3.05) is 32.7 Å². The van der Waals surface area contributed by atoms with Crippen molar-refractivity contribution < 1.29 is 4.39 Å². The molecule has 0 aliphatic carbocycles. The maximum atomic E-state index is 12.7. The Labute approximate surface area is 108 Å². The molecule has 1 saturated heterocycles. The van der Waals surface area contributed by atoms with E-state index >= 15 is 0 Å².